The Hall–Kier alpha value is -2.34. The van der Waals surface area contributed by atoms with Crippen LogP contribution in [0.3, 0.4) is 0 Å². The zero-order valence-corrected chi connectivity index (χ0v) is 15.1. The monoisotopic (exact) mass is 341 g/mol. The molecule has 1 aliphatic heterocycles. The van der Waals surface area contributed by atoms with Crippen LogP contribution in [0, 0.1) is 0 Å². The van der Waals surface area contributed by atoms with E-state index in [0.717, 1.165) is 57.3 Å². The summed E-state index contributed by atoms with van der Waals surface area (Å²) in [6, 6.07) is 10.1. The van der Waals surface area contributed by atoms with Crippen LogP contribution < -0.4 is 15.0 Å². The molecule has 1 fully saturated rings. The van der Waals surface area contributed by atoms with Crippen molar-refractivity contribution in [3.63, 3.8) is 0 Å². The quantitative estimate of drug-likeness (QED) is 0.834. The maximum absolute atomic E-state index is 5.26. The average molecular weight is 341 g/mol. The number of hydrogen-bond acceptors (Lipinski definition) is 6. The van der Waals surface area contributed by atoms with Gasteiger partial charge >= 0.3 is 0 Å². The zero-order valence-electron chi connectivity index (χ0n) is 15.1. The lowest BCUT2D eigenvalue weighted by Crippen LogP contribution is -2.46. The highest BCUT2D eigenvalue weighted by atomic mass is 16.5. The highest BCUT2D eigenvalue weighted by molar-refractivity contribution is 5.43. The number of nitrogens with one attached hydrogen (secondary N) is 1. The van der Waals surface area contributed by atoms with Crippen LogP contribution in [0.1, 0.15) is 12.5 Å². The van der Waals surface area contributed by atoms with Gasteiger partial charge in [-0.1, -0.05) is 19.1 Å². The lowest BCUT2D eigenvalue weighted by atomic mass is 10.1. The third-order valence-corrected chi connectivity index (χ3v) is 4.62. The van der Waals surface area contributed by atoms with Gasteiger partial charge in [0.1, 0.15) is 11.6 Å². The average Bonchev–Trinajstić information content (AvgIpc) is 2.68. The number of nitrogens with zero attached hydrogens (tertiary/aromatic N) is 4. The van der Waals surface area contributed by atoms with Gasteiger partial charge in [0.25, 0.3) is 0 Å². The van der Waals surface area contributed by atoms with E-state index in [1.54, 1.807) is 7.11 Å². The Morgan fingerprint density at radius 3 is 2.76 bits per heavy atom. The maximum Gasteiger partial charge on any atom is 0.224 e. The number of methoxy groups -OCH3 is 1. The second-order valence-corrected chi connectivity index (χ2v) is 6.19. The molecule has 1 aliphatic rings. The van der Waals surface area contributed by atoms with Crippen molar-refractivity contribution in [2.45, 2.75) is 13.3 Å². The van der Waals surface area contributed by atoms with E-state index in [9.17, 15) is 0 Å². The van der Waals surface area contributed by atoms with Gasteiger partial charge in [0, 0.05) is 38.9 Å². The molecule has 0 bridgehead atoms. The molecule has 1 aromatic carbocycles. The molecule has 0 aliphatic carbocycles. The first-order chi connectivity index (χ1) is 12.3. The van der Waals surface area contributed by atoms with Gasteiger partial charge in [-0.15, -0.1) is 0 Å². The molecule has 6 nitrogen and oxygen atoms in total. The molecule has 25 heavy (non-hydrogen) atoms. The SMILES string of the molecule is CCN1CCN(c2ccnc(NCCc3cccc(OC)c3)n2)CC1. The largest absolute Gasteiger partial charge is 0.497 e. The summed E-state index contributed by atoms with van der Waals surface area (Å²) in [5.41, 5.74) is 1.23. The molecule has 2 heterocycles. The zero-order chi connectivity index (χ0) is 17.5. The third-order valence-electron chi connectivity index (χ3n) is 4.62. The van der Waals surface area contributed by atoms with E-state index in [1.807, 2.05) is 24.4 Å². The van der Waals surface area contributed by atoms with Crippen LogP contribution in [0.15, 0.2) is 36.5 Å². The minimum absolute atomic E-state index is 0.693. The summed E-state index contributed by atoms with van der Waals surface area (Å²) < 4.78 is 5.26. The summed E-state index contributed by atoms with van der Waals surface area (Å²) in [5, 5.41) is 3.33. The number of rotatable bonds is 7. The number of piperazine rings is 1. The first kappa shape index (κ1) is 17.5. The second-order valence-electron chi connectivity index (χ2n) is 6.19. The Labute approximate surface area is 149 Å². The van der Waals surface area contributed by atoms with Crippen molar-refractivity contribution >= 4 is 11.8 Å². The molecule has 0 atom stereocenters. The number of ether oxygens (including phenoxy) is 1. The highest BCUT2D eigenvalue weighted by Crippen LogP contribution is 2.15. The predicted octanol–water partition coefficient (Wildman–Crippen LogP) is 2.28. The minimum atomic E-state index is 0.693. The van der Waals surface area contributed by atoms with Gasteiger partial charge in [0.15, 0.2) is 0 Å². The molecule has 6 heteroatoms. The van der Waals surface area contributed by atoms with Gasteiger partial charge in [0.2, 0.25) is 5.95 Å². The maximum atomic E-state index is 5.26. The minimum Gasteiger partial charge on any atom is -0.497 e. The lowest BCUT2D eigenvalue weighted by molar-refractivity contribution is 0.270. The summed E-state index contributed by atoms with van der Waals surface area (Å²) in [6.45, 7) is 8.36. The van der Waals surface area contributed by atoms with E-state index < -0.39 is 0 Å². The van der Waals surface area contributed by atoms with Crippen LogP contribution in [0.5, 0.6) is 5.75 Å². The first-order valence-corrected chi connectivity index (χ1v) is 8.95. The van der Waals surface area contributed by atoms with Crippen LogP contribution in [0.4, 0.5) is 11.8 Å². The molecular formula is C19H27N5O. The van der Waals surface area contributed by atoms with Crippen LogP contribution in [0.2, 0.25) is 0 Å². The fraction of sp³-hybridized carbons (Fsp3) is 0.474. The Kier molecular flexibility index (Phi) is 6.06. The van der Waals surface area contributed by atoms with Crippen LogP contribution in [-0.4, -0.2) is 61.2 Å². The van der Waals surface area contributed by atoms with E-state index in [4.69, 9.17) is 4.74 Å². The Morgan fingerprint density at radius 2 is 2.00 bits per heavy atom. The fourth-order valence-corrected chi connectivity index (χ4v) is 3.05. The van der Waals surface area contributed by atoms with E-state index in [2.05, 4.69) is 44.1 Å². The van der Waals surface area contributed by atoms with Crippen LogP contribution in [-0.2, 0) is 6.42 Å². The molecular weight excluding hydrogens is 314 g/mol. The highest BCUT2D eigenvalue weighted by Gasteiger charge is 2.17. The predicted molar refractivity (Wildman–Crippen MR) is 102 cm³/mol. The van der Waals surface area contributed by atoms with E-state index in [1.165, 1.54) is 5.56 Å². The lowest BCUT2D eigenvalue weighted by Gasteiger charge is -2.34. The van der Waals surface area contributed by atoms with Crippen molar-refractivity contribution in [3.8, 4) is 5.75 Å². The Balaban J connectivity index is 1.53. The summed E-state index contributed by atoms with van der Waals surface area (Å²) in [6.07, 6.45) is 2.74. The smallest absolute Gasteiger partial charge is 0.224 e. The molecule has 2 aromatic rings. The summed E-state index contributed by atoms with van der Waals surface area (Å²) in [4.78, 5) is 13.8. The molecule has 0 spiro atoms. The van der Waals surface area contributed by atoms with E-state index in [0.29, 0.717) is 5.95 Å². The number of hydrogen-bond donors (Lipinski definition) is 1. The topological polar surface area (TPSA) is 53.5 Å². The second kappa shape index (κ2) is 8.67. The standard InChI is InChI=1S/C19H27N5O/c1-3-23-11-13-24(14-12-23)18-8-10-21-19(22-18)20-9-7-16-5-4-6-17(15-16)25-2/h4-6,8,10,15H,3,7,9,11-14H2,1-2H3,(H,20,21,22). The van der Waals surface area contributed by atoms with Gasteiger partial charge in [-0.3, -0.25) is 0 Å². The van der Waals surface area contributed by atoms with Crippen molar-refractivity contribution in [2.75, 3.05) is 56.6 Å². The summed E-state index contributed by atoms with van der Waals surface area (Å²) >= 11 is 0. The molecule has 1 saturated heterocycles. The third kappa shape index (κ3) is 4.82. The molecule has 0 radical (unpaired) electrons. The van der Waals surface area contributed by atoms with Crippen molar-refractivity contribution in [2.24, 2.45) is 0 Å². The molecule has 0 amide bonds. The van der Waals surface area contributed by atoms with Crippen LogP contribution in [0.25, 0.3) is 0 Å². The van der Waals surface area contributed by atoms with Gasteiger partial charge < -0.3 is 19.9 Å². The molecule has 1 aromatic heterocycles. The van der Waals surface area contributed by atoms with Gasteiger partial charge in [0.05, 0.1) is 7.11 Å². The summed E-state index contributed by atoms with van der Waals surface area (Å²) in [7, 11) is 1.69. The summed E-state index contributed by atoms with van der Waals surface area (Å²) in [5.74, 6) is 2.59. The van der Waals surface area contributed by atoms with Crippen LogP contribution >= 0.6 is 0 Å². The first-order valence-electron chi connectivity index (χ1n) is 8.95. The molecule has 134 valence electrons. The molecule has 3 rings (SSSR count). The van der Waals surface area contributed by atoms with Crippen molar-refractivity contribution in [3.05, 3.63) is 42.1 Å². The normalized spacial score (nSPS) is 15.2. The molecule has 0 unspecified atom stereocenters. The van der Waals surface area contributed by atoms with Crippen molar-refractivity contribution in [1.29, 1.82) is 0 Å². The van der Waals surface area contributed by atoms with Crippen molar-refractivity contribution in [1.82, 2.24) is 14.9 Å². The van der Waals surface area contributed by atoms with Gasteiger partial charge in [-0.2, -0.15) is 4.98 Å². The molecule has 0 saturated carbocycles. The number of likely N-dealkylation sites (N-methyl/N-ethyl adjacent to an activating group) is 1. The number of anilines is 2. The van der Waals surface area contributed by atoms with Gasteiger partial charge in [-0.05, 0) is 36.7 Å². The Bertz CT molecular complexity index is 670. The number of benzene rings is 1. The fourth-order valence-electron chi connectivity index (χ4n) is 3.05. The van der Waals surface area contributed by atoms with Crippen molar-refractivity contribution < 1.29 is 4.74 Å². The van der Waals surface area contributed by atoms with E-state index >= 15 is 0 Å². The van der Waals surface area contributed by atoms with Gasteiger partial charge in [-0.25, -0.2) is 4.98 Å². The Morgan fingerprint density at radius 1 is 1.16 bits per heavy atom. The van der Waals surface area contributed by atoms with E-state index in [-0.39, 0.29) is 0 Å². The molecule has 1 N–H and O–H groups in total. The number of aromatic nitrogens is 2.